The fourth-order valence-corrected chi connectivity index (χ4v) is 5.95. The Hall–Kier alpha value is -2.93. The number of hydrogen-bond acceptors (Lipinski definition) is 4. The van der Waals surface area contributed by atoms with E-state index in [1.165, 1.54) is 0 Å². The number of carbonyl (C=O) groups is 1. The molecule has 1 saturated carbocycles. The Balaban J connectivity index is 1.19. The maximum absolute atomic E-state index is 15.3. The minimum absolute atomic E-state index is 0.101. The Morgan fingerprint density at radius 2 is 1.69 bits per heavy atom. The summed E-state index contributed by atoms with van der Waals surface area (Å²) in [6.07, 6.45) is 7.93. The fourth-order valence-electron chi connectivity index (χ4n) is 5.95. The van der Waals surface area contributed by atoms with Crippen molar-refractivity contribution in [3.63, 3.8) is 0 Å². The number of aromatic nitrogens is 2. The monoisotopic (exact) mass is 489 g/mol. The van der Waals surface area contributed by atoms with Gasteiger partial charge in [0.2, 0.25) is 5.91 Å². The van der Waals surface area contributed by atoms with Crippen LogP contribution in [0.3, 0.4) is 0 Å². The smallest absolute Gasteiger partial charge is 0.225 e. The van der Waals surface area contributed by atoms with Crippen molar-refractivity contribution < 1.29 is 9.18 Å². The number of fused-ring (bicyclic) bond motifs is 1. The number of rotatable bonds is 5. The number of hydrogen-bond donors (Lipinski definition) is 0. The highest BCUT2D eigenvalue weighted by Gasteiger charge is 2.34. The molecule has 6 nitrogen and oxygen atoms in total. The molecule has 0 radical (unpaired) electrons. The lowest BCUT2D eigenvalue weighted by Gasteiger charge is -2.36. The van der Waals surface area contributed by atoms with Crippen LogP contribution >= 0.6 is 0 Å². The number of nitrogens with zero attached hydrogens (tertiary/aromatic N) is 5. The van der Waals surface area contributed by atoms with Crippen molar-refractivity contribution in [2.45, 2.75) is 51.5 Å². The molecule has 2 saturated heterocycles. The van der Waals surface area contributed by atoms with Crippen molar-refractivity contribution in [3.05, 3.63) is 54.1 Å². The van der Waals surface area contributed by atoms with Gasteiger partial charge in [0, 0.05) is 56.1 Å². The molecular formula is C29H36FN5O. The predicted octanol–water partition coefficient (Wildman–Crippen LogP) is 4.79. The summed E-state index contributed by atoms with van der Waals surface area (Å²) in [7, 11) is 0. The number of piperidine rings is 1. The molecule has 4 heterocycles. The van der Waals surface area contributed by atoms with Gasteiger partial charge in [-0.25, -0.2) is 8.91 Å². The molecule has 3 fully saturated rings. The minimum atomic E-state index is -0.101. The molecule has 0 bridgehead atoms. The maximum atomic E-state index is 15.3. The average Bonchev–Trinajstić information content (AvgIpc) is 3.66. The van der Waals surface area contributed by atoms with Crippen LogP contribution < -0.4 is 4.90 Å². The molecule has 2 aromatic heterocycles. The van der Waals surface area contributed by atoms with E-state index in [0.717, 1.165) is 92.8 Å². The molecule has 0 atom stereocenters. The van der Waals surface area contributed by atoms with Gasteiger partial charge in [-0.1, -0.05) is 12.1 Å². The van der Waals surface area contributed by atoms with Crippen LogP contribution in [0.25, 0.3) is 16.6 Å². The molecule has 3 aliphatic rings. The van der Waals surface area contributed by atoms with E-state index in [1.54, 1.807) is 6.07 Å². The van der Waals surface area contributed by atoms with Gasteiger partial charge in [0.1, 0.15) is 5.82 Å². The molecule has 3 aromatic rings. The van der Waals surface area contributed by atoms with Crippen molar-refractivity contribution in [2.24, 2.45) is 5.92 Å². The van der Waals surface area contributed by atoms with Crippen molar-refractivity contribution in [1.29, 1.82) is 0 Å². The Labute approximate surface area is 212 Å². The van der Waals surface area contributed by atoms with Crippen LogP contribution in [0, 0.1) is 11.7 Å². The number of likely N-dealkylation sites (tertiary alicyclic amines) is 1. The Morgan fingerprint density at radius 1 is 0.944 bits per heavy atom. The third kappa shape index (κ3) is 4.49. The summed E-state index contributed by atoms with van der Waals surface area (Å²) in [6.45, 7) is 9.69. The number of carbonyl (C=O) groups excluding carboxylic acids is 1. The molecule has 7 heteroatoms. The normalized spacial score (nSPS) is 20.0. The molecule has 36 heavy (non-hydrogen) atoms. The highest BCUT2D eigenvalue weighted by atomic mass is 19.1. The zero-order valence-electron chi connectivity index (χ0n) is 21.4. The van der Waals surface area contributed by atoms with E-state index in [9.17, 15) is 4.79 Å². The van der Waals surface area contributed by atoms with Gasteiger partial charge in [-0.3, -0.25) is 4.79 Å². The van der Waals surface area contributed by atoms with Crippen LogP contribution in [0.5, 0.6) is 0 Å². The van der Waals surface area contributed by atoms with Crippen LogP contribution in [-0.2, 0) is 4.79 Å². The Morgan fingerprint density at radius 3 is 2.36 bits per heavy atom. The lowest BCUT2D eigenvalue weighted by atomic mass is 9.88. The van der Waals surface area contributed by atoms with Gasteiger partial charge < -0.3 is 14.7 Å². The summed E-state index contributed by atoms with van der Waals surface area (Å²) in [5.74, 6) is 0.795. The lowest BCUT2D eigenvalue weighted by molar-refractivity contribution is -0.132. The molecule has 1 aromatic carbocycles. The molecule has 1 aliphatic carbocycles. The summed E-state index contributed by atoms with van der Waals surface area (Å²) in [6, 6.07) is 10.5. The fraction of sp³-hybridized carbons (Fsp3) is 0.517. The SMILES string of the molecule is CC(C)N1CCC(c2ccc(-c3cc4c(N5CCN(C(=O)C6CC6)CC5)ccnn4c3)cc2F)CC1. The molecule has 0 spiro atoms. The van der Waals surface area contributed by atoms with E-state index >= 15 is 4.39 Å². The van der Waals surface area contributed by atoms with E-state index < -0.39 is 0 Å². The topological polar surface area (TPSA) is 44.1 Å². The van der Waals surface area contributed by atoms with Crippen molar-refractivity contribution in [3.8, 4) is 11.1 Å². The van der Waals surface area contributed by atoms with E-state index in [0.29, 0.717) is 17.9 Å². The van der Waals surface area contributed by atoms with Gasteiger partial charge in [-0.15, -0.1) is 0 Å². The van der Waals surface area contributed by atoms with E-state index in [1.807, 2.05) is 33.9 Å². The van der Waals surface area contributed by atoms with Gasteiger partial charge in [-0.05, 0) is 87.9 Å². The molecule has 0 unspecified atom stereocenters. The van der Waals surface area contributed by atoms with Crippen LogP contribution in [0.1, 0.15) is 51.0 Å². The van der Waals surface area contributed by atoms with Crippen molar-refractivity contribution >= 4 is 17.1 Å². The third-order valence-electron chi connectivity index (χ3n) is 8.38. The molecular weight excluding hydrogens is 453 g/mol. The number of piperazine rings is 1. The zero-order valence-corrected chi connectivity index (χ0v) is 21.4. The first-order chi connectivity index (χ1) is 17.5. The second-order valence-electron chi connectivity index (χ2n) is 11.0. The van der Waals surface area contributed by atoms with Crippen LogP contribution in [0.2, 0.25) is 0 Å². The molecule has 6 rings (SSSR count). The van der Waals surface area contributed by atoms with E-state index in [2.05, 4.69) is 40.9 Å². The van der Waals surface area contributed by atoms with Crippen molar-refractivity contribution in [1.82, 2.24) is 19.4 Å². The molecule has 0 N–H and O–H groups in total. The van der Waals surface area contributed by atoms with E-state index in [-0.39, 0.29) is 11.7 Å². The minimum Gasteiger partial charge on any atom is -0.366 e. The highest BCUT2D eigenvalue weighted by molar-refractivity contribution is 5.82. The van der Waals surface area contributed by atoms with Gasteiger partial charge in [0.05, 0.1) is 11.2 Å². The summed E-state index contributed by atoms with van der Waals surface area (Å²) in [5, 5.41) is 4.52. The molecule has 1 amide bonds. The highest BCUT2D eigenvalue weighted by Crippen LogP contribution is 2.35. The van der Waals surface area contributed by atoms with E-state index in [4.69, 9.17) is 0 Å². The first kappa shape index (κ1) is 23.5. The van der Waals surface area contributed by atoms with Gasteiger partial charge >= 0.3 is 0 Å². The van der Waals surface area contributed by atoms with Gasteiger partial charge in [-0.2, -0.15) is 5.10 Å². The Kier molecular flexibility index (Phi) is 6.20. The molecule has 2 aliphatic heterocycles. The lowest BCUT2D eigenvalue weighted by Crippen LogP contribution is -2.49. The second-order valence-corrected chi connectivity index (χ2v) is 11.0. The van der Waals surface area contributed by atoms with Crippen LogP contribution in [-0.4, -0.2) is 70.6 Å². The Bertz CT molecular complexity index is 1250. The number of amides is 1. The van der Waals surface area contributed by atoms with Crippen molar-refractivity contribution in [2.75, 3.05) is 44.2 Å². The average molecular weight is 490 g/mol. The first-order valence-corrected chi connectivity index (χ1v) is 13.5. The van der Waals surface area contributed by atoms with Crippen LogP contribution in [0.4, 0.5) is 10.1 Å². The standard InChI is InChI=1S/C29H36FN5O/c1-20(2)32-11-8-21(9-12-32)25-6-5-23(17-26(25)30)24-18-28-27(7-10-31-35(28)19-24)33-13-15-34(16-14-33)29(36)22-3-4-22/h5-7,10,17-22H,3-4,8-9,11-16H2,1-2H3. The number of anilines is 1. The van der Waals surface area contributed by atoms with Gasteiger partial charge in [0.15, 0.2) is 0 Å². The summed E-state index contributed by atoms with van der Waals surface area (Å²) < 4.78 is 17.2. The maximum Gasteiger partial charge on any atom is 0.225 e. The predicted molar refractivity (Wildman–Crippen MR) is 141 cm³/mol. The zero-order chi connectivity index (χ0) is 24.8. The molecule has 190 valence electrons. The first-order valence-electron chi connectivity index (χ1n) is 13.5. The van der Waals surface area contributed by atoms with Crippen LogP contribution in [0.15, 0.2) is 42.7 Å². The third-order valence-corrected chi connectivity index (χ3v) is 8.38. The summed E-state index contributed by atoms with van der Waals surface area (Å²) in [5.41, 5.74) is 4.83. The quantitative estimate of drug-likeness (QED) is 0.517. The summed E-state index contributed by atoms with van der Waals surface area (Å²) >= 11 is 0. The second kappa shape index (κ2) is 9.51. The number of halogens is 1. The summed E-state index contributed by atoms with van der Waals surface area (Å²) in [4.78, 5) is 19.3. The number of benzene rings is 1. The largest absolute Gasteiger partial charge is 0.366 e. The van der Waals surface area contributed by atoms with Gasteiger partial charge in [0.25, 0.3) is 0 Å².